The Kier molecular flexibility index (Phi) is 6.53. The predicted molar refractivity (Wildman–Crippen MR) is 108 cm³/mol. The van der Waals surface area contributed by atoms with Crippen molar-refractivity contribution >= 4 is 26.2 Å². The molecule has 1 heterocycles. The molecule has 0 spiro atoms. The first-order chi connectivity index (χ1) is 14.6. The third-order valence-corrected chi connectivity index (χ3v) is 6.38. The van der Waals surface area contributed by atoms with Crippen LogP contribution < -0.4 is 4.72 Å². The molecule has 12 heteroatoms. The molecule has 0 fully saturated rings. The molecule has 0 saturated heterocycles. The predicted octanol–water partition coefficient (Wildman–Crippen LogP) is 2.19. The quantitative estimate of drug-likeness (QED) is 0.398. The van der Waals surface area contributed by atoms with Gasteiger partial charge >= 0.3 is 16.2 Å². The van der Waals surface area contributed by atoms with Crippen LogP contribution in [-0.4, -0.2) is 39.2 Å². The molecule has 0 aliphatic heterocycles. The van der Waals surface area contributed by atoms with E-state index in [0.29, 0.717) is 11.3 Å². The summed E-state index contributed by atoms with van der Waals surface area (Å²) in [5, 5.41) is 4.15. The van der Waals surface area contributed by atoms with Crippen LogP contribution in [0.2, 0.25) is 0 Å². The minimum absolute atomic E-state index is 0.0642. The van der Waals surface area contributed by atoms with Crippen molar-refractivity contribution in [3.63, 3.8) is 0 Å². The highest BCUT2D eigenvalue weighted by molar-refractivity contribution is 7.89. The lowest BCUT2D eigenvalue weighted by atomic mass is 10.2. The number of halogens is 1. The number of esters is 1. The fourth-order valence-electron chi connectivity index (χ4n) is 2.63. The highest BCUT2D eigenvalue weighted by atomic mass is 32.3. The molecule has 2 aromatic carbocycles. The number of nitrogens with zero attached hydrogens (tertiary/aromatic N) is 2. The SMILES string of the molecule is CCOC(=O)c1ccn(-c2cccc(CNS(=O)(=O)c3ccc(S(=O)(=O)F)cc3)c2)n1. The van der Waals surface area contributed by atoms with Crippen molar-refractivity contribution in [2.45, 2.75) is 23.3 Å². The highest BCUT2D eigenvalue weighted by Crippen LogP contribution is 2.17. The van der Waals surface area contributed by atoms with E-state index in [2.05, 4.69) is 9.82 Å². The normalized spacial score (nSPS) is 11.9. The van der Waals surface area contributed by atoms with Gasteiger partial charge in [0.2, 0.25) is 10.0 Å². The third kappa shape index (κ3) is 5.54. The Morgan fingerprint density at radius 2 is 1.74 bits per heavy atom. The molecule has 3 aromatic rings. The molecular formula is C19H18FN3O6S2. The maximum absolute atomic E-state index is 13.0. The molecule has 0 atom stereocenters. The summed E-state index contributed by atoms with van der Waals surface area (Å²) in [6.07, 6.45) is 1.58. The first-order valence-corrected chi connectivity index (χ1v) is 11.8. The molecule has 3 rings (SSSR count). The summed E-state index contributed by atoms with van der Waals surface area (Å²) in [5.74, 6) is -0.545. The number of carbonyl (C=O) groups excluding carboxylic acids is 1. The number of sulfonamides is 1. The van der Waals surface area contributed by atoms with E-state index in [4.69, 9.17) is 4.74 Å². The van der Waals surface area contributed by atoms with Crippen LogP contribution in [0.3, 0.4) is 0 Å². The number of benzene rings is 2. The van der Waals surface area contributed by atoms with Crippen molar-refractivity contribution in [2.75, 3.05) is 6.61 Å². The Hall–Kier alpha value is -3.09. The summed E-state index contributed by atoms with van der Waals surface area (Å²) in [6.45, 7) is 1.86. The zero-order valence-electron chi connectivity index (χ0n) is 16.2. The smallest absolute Gasteiger partial charge is 0.358 e. The summed E-state index contributed by atoms with van der Waals surface area (Å²) in [5.41, 5.74) is 1.36. The van der Waals surface area contributed by atoms with Crippen LogP contribution in [0.15, 0.2) is 70.6 Å². The van der Waals surface area contributed by atoms with Gasteiger partial charge in [-0.3, -0.25) is 0 Å². The van der Waals surface area contributed by atoms with E-state index in [1.165, 1.54) is 10.7 Å². The standard InChI is InChI=1S/C19H18FN3O6S2/c1-2-29-19(24)18-10-11-23(22-18)15-5-3-4-14(12-15)13-21-31(27,28)17-8-6-16(7-9-17)30(20,25)26/h3-12,21H,2,13H2,1H3. The maximum Gasteiger partial charge on any atom is 0.358 e. The van der Waals surface area contributed by atoms with E-state index >= 15 is 0 Å². The molecule has 31 heavy (non-hydrogen) atoms. The zero-order valence-corrected chi connectivity index (χ0v) is 17.9. The van der Waals surface area contributed by atoms with Crippen LogP contribution in [0.4, 0.5) is 3.89 Å². The summed E-state index contributed by atoms with van der Waals surface area (Å²) in [4.78, 5) is 10.9. The van der Waals surface area contributed by atoms with E-state index < -0.39 is 31.1 Å². The second-order valence-electron chi connectivity index (χ2n) is 6.27. The maximum atomic E-state index is 13.0. The van der Waals surface area contributed by atoms with Crippen molar-refractivity contribution in [2.24, 2.45) is 0 Å². The van der Waals surface area contributed by atoms with Crippen molar-refractivity contribution in [1.29, 1.82) is 0 Å². The summed E-state index contributed by atoms with van der Waals surface area (Å²) >= 11 is 0. The van der Waals surface area contributed by atoms with E-state index in [1.54, 1.807) is 37.4 Å². The van der Waals surface area contributed by atoms with Gasteiger partial charge in [-0.1, -0.05) is 12.1 Å². The van der Waals surface area contributed by atoms with Crippen LogP contribution in [-0.2, 0) is 31.5 Å². The molecule has 0 aliphatic carbocycles. The van der Waals surface area contributed by atoms with Gasteiger partial charge in [0.15, 0.2) is 5.69 Å². The minimum Gasteiger partial charge on any atom is -0.461 e. The molecule has 0 amide bonds. The van der Waals surface area contributed by atoms with Gasteiger partial charge < -0.3 is 4.74 Å². The van der Waals surface area contributed by atoms with Gasteiger partial charge in [-0.15, -0.1) is 3.89 Å². The number of aromatic nitrogens is 2. The summed E-state index contributed by atoms with van der Waals surface area (Å²) in [7, 11) is -8.87. The van der Waals surface area contributed by atoms with Crippen molar-refractivity contribution in [1.82, 2.24) is 14.5 Å². The average Bonchev–Trinajstić information content (AvgIpc) is 3.23. The lowest BCUT2D eigenvalue weighted by Gasteiger charge is -2.09. The van der Waals surface area contributed by atoms with E-state index in [0.717, 1.165) is 24.3 Å². The van der Waals surface area contributed by atoms with Gasteiger partial charge in [0.25, 0.3) is 0 Å². The molecule has 1 N–H and O–H groups in total. The molecule has 0 saturated carbocycles. The van der Waals surface area contributed by atoms with Crippen LogP contribution in [0.5, 0.6) is 0 Å². The fraction of sp³-hybridized carbons (Fsp3) is 0.158. The summed E-state index contributed by atoms with van der Waals surface area (Å²) < 4.78 is 68.3. The molecular weight excluding hydrogens is 449 g/mol. The van der Waals surface area contributed by atoms with E-state index in [1.807, 2.05) is 0 Å². The zero-order chi connectivity index (χ0) is 22.6. The Labute approximate surface area is 178 Å². The van der Waals surface area contributed by atoms with Gasteiger partial charge in [-0.2, -0.15) is 13.5 Å². The Morgan fingerprint density at radius 3 is 2.39 bits per heavy atom. The largest absolute Gasteiger partial charge is 0.461 e. The van der Waals surface area contributed by atoms with Crippen molar-refractivity contribution < 1.29 is 30.3 Å². The molecule has 9 nitrogen and oxygen atoms in total. The second-order valence-corrected chi connectivity index (χ2v) is 9.38. The molecule has 0 unspecified atom stereocenters. The Bertz CT molecular complexity index is 1300. The van der Waals surface area contributed by atoms with E-state index in [9.17, 15) is 25.5 Å². The van der Waals surface area contributed by atoms with Gasteiger partial charge in [0.05, 0.1) is 22.1 Å². The first-order valence-electron chi connectivity index (χ1n) is 8.96. The second kappa shape index (κ2) is 8.96. The van der Waals surface area contributed by atoms with Gasteiger partial charge in [-0.25, -0.2) is 22.6 Å². The number of nitrogens with one attached hydrogen (secondary N) is 1. The molecule has 164 valence electrons. The number of hydrogen-bond donors (Lipinski definition) is 1. The minimum atomic E-state index is -4.91. The first kappa shape index (κ1) is 22.6. The van der Waals surface area contributed by atoms with Crippen LogP contribution in [0.1, 0.15) is 23.0 Å². The molecule has 0 aliphatic rings. The number of ether oxygens (including phenoxy) is 1. The van der Waals surface area contributed by atoms with Gasteiger partial charge in [-0.05, 0) is 55.0 Å². The van der Waals surface area contributed by atoms with E-state index in [-0.39, 0.29) is 23.7 Å². The van der Waals surface area contributed by atoms with Gasteiger partial charge in [0.1, 0.15) is 0 Å². The lowest BCUT2D eigenvalue weighted by Crippen LogP contribution is -2.23. The molecule has 1 aromatic heterocycles. The number of hydrogen-bond acceptors (Lipinski definition) is 7. The van der Waals surface area contributed by atoms with Crippen LogP contribution in [0.25, 0.3) is 5.69 Å². The number of carbonyl (C=O) groups is 1. The average molecular weight is 468 g/mol. The topological polar surface area (TPSA) is 124 Å². The molecule has 0 bridgehead atoms. The Balaban J connectivity index is 1.73. The lowest BCUT2D eigenvalue weighted by molar-refractivity contribution is 0.0519. The number of rotatable bonds is 8. The highest BCUT2D eigenvalue weighted by Gasteiger charge is 2.17. The van der Waals surface area contributed by atoms with Crippen LogP contribution >= 0.6 is 0 Å². The fourth-order valence-corrected chi connectivity index (χ4v) is 4.11. The Morgan fingerprint density at radius 1 is 1.06 bits per heavy atom. The van der Waals surface area contributed by atoms with Crippen LogP contribution in [0, 0.1) is 0 Å². The molecule has 0 radical (unpaired) electrons. The van der Waals surface area contributed by atoms with Gasteiger partial charge in [0, 0.05) is 12.7 Å². The monoisotopic (exact) mass is 467 g/mol. The van der Waals surface area contributed by atoms with Crippen molar-refractivity contribution in [3.05, 3.63) is 72.1 Å². The van der Waals surface area contributed by atoms with Crippen molar-refractivity contribution in [3.8, 4) is 5.69 Å². The third-order valence-electron chi connectivity index (χ3n) is 4.13. The summed E-state index contributed by atoms with van der Waals surface area (Å²) in [6, 6.07) is 12.1.